The van der Waals surface area contributed by atoms with Crippen LogP contribution in [0.1, 0.15) is 42.4 Å². The van der Waals surface area contributed by atoms with Gasteiger partial charge in [0.2, 0.25) is 5.91 Å². The van der Waals surface area contributed by atoms with Crippen molar-refractivity contribution in [3.05, 3.63) is 64.2 Å². The van der Waals surface area contributed by atoms with Gasteiger partial charge >= 0.3 is 18.3 Å². The Kier molecular flexibility index (Phi) is 12.5. The highest BCUT2D eigenvalue weighted by Crippen LogP contribution is 2.28. The Bertz CT molecular complexity index is 1490. The molecule has 0 aliphatic carbocycles. The first kappa shape index (κ1) is 37.7. The molecule has 1 atom stereocenters. The molecule has 0 bridgehead atoms. The van der Waals surface area contributed by atoms with E-state index >= 15 is 0 Å². The summed E-state index contributed by atoms with van der Waals surface area (Å²) in [6, 6.07) is 13.2. The number of nitrogens with two attached hydrogens (primary N) is 1. The predicted octanol–water partition coefficient (Wildman–Crippen LogP) is 4.87. The van der Waals surface area contributed by atoms with Gasteiger partial charge in [-0.3, -0.25) is 14.6 Å². The number of fused-ring (bicyclic) bond motifs is 1. The van der Waals surface area contributed by atoms with E-state index in [1.165, 1.54) is 9.80 Å². The first-order valence-corrected chi connectivity index (χ1v) is 17.6. The molecule has 274 valence electrons. The lowest BCUT2D eigenvalue weighted by atomic mass is 9.99. The highest BCUT2D eigenvalue weighted by molar-refractivity contribution is 6.31. The second kappa shape index (κ2) is 16.6. The fourth-order valence-corrected chi connectivity index (χ4v) is 7.40. The van der Waals surface area contributed by atoms with Crippen LogP contribution in [0.25, 0.3) is 0 Å². The Morgan fingerprint density at radius 1 is 0.940 bits per heavy atom. The van der Waals surface area contributed by atoms with E-state index in [-0.39, 0.29) is 18.0 Å². The lowest BCUT2D eigenvalue weighted by Crippen LogP contribution is -2.56. The molecule has 0 spiro atoms. The lowest BCUT2D eigenvalue weighted by molar-refractivity contribution is -0.150. The number of piperidine rings is 2. The van der Waals surface area contributed by atoms with Crippen LogP contribution in [0.3, 0.4) is 0 Å². The Hall–Kier alpha value is -3.59. The number of nitrogens with zero attached hydrogens (tertiary/aromatic N) is 5. The Morgan fingerprint density at radius 3 is 2.18 bits per heavy atom. The van der Waals surface area contributed by atoms with E-state index in [9.17, 15) is 27.6 Å². The number of anilines is 1. The van der Waals surface area contributed by atoms with Crippen molar-refractivity contribution < 1.29 is 32.7 Å². The molecule has 4 aliphatic heterocycles. The first-order chi connectivity index (χ1) is 23.8. The largest absolute Gasteiger partial charge is 0.465 e. The van der Waals surface area contributed by atoms with Gasteiger partial charge in [-0.05, 0) is 67.9 Å². The predicted molar refractivity (Wildman–Crippen MR) is 185 cm³/mol. The van der Waals surface area contributed by atoms with E-state index < -0.39 is 24.9 Å². The van der Waals surface area contributed by atoms with Crippen molar-refractivity contribution in [1.82, 2.24) is 24.5 Å². The third-order valence-electron chi connectivity index (χ3n) is 10.1. The number of carbonyl (C=O) groups is 3. The van der Waals surface area contributed by atoms with Crippen molar-refractivity contribution >= 4 is 35.3 Å². The summed E-state index contributed by atoms with van der Waals surface area (Å²) in [5, 5.41) is 12.5. The second-order valence-electron chi connectivity index (χ2n) is 13.6. The van der Waals surface area contributed by atoms with Crippen LogP contribution < -0.4 is 11.1 Å². The van der Waals surface area contributed by atoms with Crippen molar-refractivity contribution in [3.8, 4) is 0 Å². The minimum Gasteiger partial charge on any atom is -0.465 e. The Morgan fingerprint density at radius 2 is 1.56 bits per heavy atom. The molecule has 2 aromatic carbocycles. The Labute approximate surface area is 296 Å². The van der Waals surface area contributed by atoms with Crippen molar-refractivity contribution in [2.24, 2.45) is 5.73 Å². The molecule has 0 saturated carbocycles. The number of para-hydroxylation sites is 1. The highest BCUT2D eigenvalue weighted by atomic mass is 35.5. The van der Waals surface area contributed by atoms with Crippen LogP contribution in [0.15, 0.2) is 42.5 Å². The van der Waals surface area contributed by atoms with Gasteiger partial charge < -0.3 is 30.9 Å². The third kappa shape index (κ3) is 10.0. The molecule has 50 heavy (non-hydrogen) atoms. The number of rotatable bonds is 6. The molecule has 0 radical (unpaired) electrons. The van der Waals surface area contributed by atoms with E-state index in [0.29, 0.717) is 89.2 Å². The van der Waals surface area contributed by atoms with Crippen molar-refractivity contribution in [1.29, 1.82) is 0 Å². The number of carbonyl (C=O) groups excluding carboxylic acids is 2. The molecule has 6 rings (SSSR count). The van der Waals surface area contributed by atoms with Crippen LogP contribution in [0.5, 0.6) is 0 Å². The lowest BCUT2D eigenvalue weighted by Gasteiger charge is -2.43. The molecule has 3 fully saturated rings. The normalized spacial score (nSPS) is 20.4. The van der Waals surface area contributed by atoms with Crippen LogP contribution in [0, 0.1) is 6.92 Å². The molecular weight excluding hydrogens is 675 g/mol. The zero-order chi connectivity index (χ0) is 36.0. The van der Waals surface area contributed by atoms with Gasteiger partial charge in [0.1, 0.15) is 0 Å². The zero-order valence-electron chi connectivity index (χ0n) is 28.4. The fourth-order valence-electron chi connectivity index (χ4n) is 7.29. The zero-order valence-corrected chi connectivity index (χ0v) is 29.1. The summed E-state index contributed by atoms with van der Waals surface area (Å²) in [6.07, 6.45) is -1.49. The van der Waals surface area contributed by atoms with Gasteiger partial charge in [-0.15, -0.1) is 0 Å². The van der Waals surface area contributed by atoms with Crippen LogP contribution in [0.4, 0.5) is 28.4 Å². The minimum atomic E-state index is -4.14. The third-order valence-corrected chi connectivity index (χ3v) is 10.6. The summed E-state index contributed by atoms with van der Waals surface area (Å²) in [5.74, 6) is -0.0453. The van der Waals surface area contributed by atoms with Gasteiger partial charge in [0, 0.05) is 81.7 Å². The molecule has 15 heteroatoms. The monoisotopic (exact) mass is 721 g/mol. The molecule has 3 saturated heterocycles. The first-order valence-electron chi connectivity index (χ1n) is 17.2. The minimum absolute atomic E-state index is 0.0453. The second-order valence-corrected chi connectivity index (χ2v) is 14.0. The fraction of sp³-hybridized carbons (Fsp3) is 0.571. The van der Waals surface area contributed by atoms with Gasteiger partial charge in [-0.25, -0.2) is 9.59 Å². The van der Waals surface area contributed by atoms with Gasteiger partial charge in [0.25, 0.3) is 0 Å². The number of halogens is 4. The highest BCUT2D eigenvalue weighted by Gasteiger charge is 2.35. The number of aryl methyl sites for hydroxylation is 1. The van der Waals surface area contributed by atoms with Crippen molar-refractivity contribution in [2.75, 3.05) is 64.2 Å². The van der Waals surface area contributed by atoms with Gasteiger partial charge in [0.15, 0.2) is 0 Å². The number of hydrogen-bond donors (Lipinski definition) is 3. The maximum atomic E-state index is 12.8. The SMILES string of the molecule is Cc1cc(CC(N)C(=O)N2CCC(N3CCN(CC(F)(F)F)CC3)CC2)ccc1Cl.O=C(O)N1CCC(N2Cc3ccccc3NC2=O)CC1. The molecule has 4 amide bonds. The molecule has 4 N–H and O–H groups in total. The summed E-state index contributed by atoms with van der Waals surface area (Å²) in [7, 11) is 0. The van der Waals surface area contributed by atoms with E-state index in [1.54, 1.807) is 0 Å². The van der Waals surface area contributed by atoms with Crippen LogP contribution in [0.2, 0.25) is 5.02 Å². The van der Waals surface area contributed by atoms with Crippen molar-refractivity contribution in [2.45, 2.75) is 69.9 Å². The number of benzene rings is 2. The van der Waals surface area contributed by atoms with Gasteiger partial charge in [-0.2, -0.15) is 13.2 Å². The molecule has 4 aliphatic rings. The van der Waals surface area contributed by atoms with E-state index in [2.05, 4.69) is 10.2 Å². The summed E-state index contributed by atoms with van der Waals surface area (Å²) in [6.45, 7) is 6.10. The van der Waals surface area contributed by atoms with E-state index in [0.717, 1.165) is 35.2 Å². The van der Waals surface area contributed by atoms with Crippen LogP contribution in [-0.4, -0.2) is 131 Å². The Balaban J connectivity index is 0.000000210. The van der Waals surface area contributed by atoms with Crippen LogP contribution >= 0.6 is 11.6 Å². The molecule has 11 nitrogen and oxygen atoms in total. The molecular formula is C35H47ClF3N7O4. The molecule has 1 unspecified atom stereocenters. The van der Waals surface area contributed by atoms with Gasteiger partial charge in [-0.1, -0.05) is 41.9 Å². The summed E-state index contributed by atoms with van der Waals surface area (Å²) >= 11 is 6.05. The number of nitrogens with one attached hydrogen (secondary N) is 1. The van der Waals surface area contributed by atoms with E-state index in [4.69, 9.17) is 22.4 Å². The number of urea groups is 1. The molecule has 2 aromatic rings. The van der Waals surface area contributed by atoms with Crippen LogP contribution in [-0.2, 0) is 17.8 Å². The molecule has 0 aromatic heterocycles. The van der Waals surface area contributed by atoms with Crippen molar-refractivity contribution in [3.63, 3.8) is 0 Å². The topological polar surface area (TPSA) is 126 Å². The number of amides is 4. The summed E-state index contributed by atoms with van der Waals surface area (Å²) in [4.78, 5) is 44.6. The molecule has 4 heterocycles. The number of hydrogen-bond acceptors (Lipinski definition) is 6. The quantitative estimate of drug-likeness (QED) is 0.389. The number of piperazine rings is 1. The van der Waals surface area contributed by atoms with E-state index in [1.807, 2.05) is 59.2 Å². The standard InChI is InChI=1S/C21H30ClF3N4O.C14H17N3O3/c1-15-12-16(2-3-18(15)22)13-19(26)20(30)29-6-4-17(5-7-29)28-10-8-27(9-11-28)14-21(23,24)25;18-13-15-12-4-2-1-3-10(12)9-17(13)11-5-7-16(8-6-11)14(19)20/h2-3,12,17,19H,4-11,13-14,26H2,1H3;1-4,11H,5-9H2,(H,15,18)(H,19,20). The maximum Gasteiger partial charge on any atom is 0.407 e. The van der Waals surface area contributed by atoms with Gasteiger partial charge in [0.05, 0.1) is 12.6 Å². The smallest absolute Gasteiger partial charge is 0.407 e. The number of alkyl halides is 3. The summed E-state index contributed by atoms with van der Waals surface area (Å²) < 4.78 is 37.6. The number of carboxylic acid groups (broad SMARTS) is 1. The summed E-state index contributed by atoms with van der Waals surface area (Å²) in [5.41, 5.74) is 10.1. The maximum absolute atomic E-state index is 12.8. The average Bonchev–Trinajstić information content (AvgIpc) is 3.09. The average molecular weight is 722 g/mol. The number of likely N-dealkylation sites (tertiary alicyclic amines) is 2.